The van der Waals surface area contributed by atoms with Crippen LogP contribution in [0.1, 0.15) is 50.7 Å². The molecule has 0 heterocycles. The summed E-state index contributed by atoms with van der Waals surface area (Å²) in [6, 6.07) is 20.7. The maximum atomic E-state index is 10.9. The first-order valence-electron chi connectivity index (χ1n) is 11.5. The molecule has 34 heavy (non-hydrogen) atoms. The van der Waals surface area contributed by atoms with E-state index in [1.807, 2.05) is 61.5 Å². The zero-order chi connectivity index (χ0) is 24.5. The first-order valence-corrected chi connectivity index (χ1v) is 11.9. The van der Waals surface area contributed by atoms with E-state index in [4.69, 9.17) is 30.9 Å². The first kappa shape index (κ1) is 25.4. The Labute approximate surface area is 206 Å². The van der Waals surface area contributed by atoms with E-state index in [0.29, 0.717) is 41.7 Å². The largest absolute Gasteiger partial charge is 0.493 e. The fourth-order valence-corrected chi connectivity index (χ4v) is 3.72. The Morgan fingerprint density at radius 2 is 1.71 bits per heavy atom. The van der Waals surface area contributed by atoms with E-state index < -0.39 is 5.97 Å². The topological polar surface area (TPSA) is 65.0 Å². The van der Waals surface area contributed by atoms with E-state index in [9.17, 15) is 4.79 Å². The molecule has 0 saturated carbocycles. The van der Waals surface area contributed by atoms with Gasteiger partial charge in [0.2, 0.25) is 0 Å². The van der Waals surface area contributed by atoms with Crippen molar-refractivity contribution in [1.82, 2.24) is 0 Å². The normalized spacial score (nSPS) is 11.8. The van der Waals surface area contributed by atoms with Crippen molar-refractivity contribution < 1.29 is 24.1 Å². The molecule has 1 atom stereocenters. The minimum absolute atomic E-state index is 0.112. The molecule has 0 aliphatic rings. The standard InChI is InChI=1S/C28H31ClO5/c1-19(2)25-18-24(12-9-21(25)10-14-28(30)31)32-16-15-20(3)33-26-13-11-22(29)17-27(26)34-23-7-5-4-6-8-23/h4-9,11-13,17-20H,10,14-16H2,1-3H3,(H,30,31)/t20-/m1/s1. The number of carboxylic acid groups (broad SMARTS) is 1. The molecule has 6 heteroatoms. The summed E-state index contributed by atoms with van der Waals surface area (Å²) in [5.74, 6) is 2.15. The van der Waals surface area contributed by atoms with Crippen LogP contribution in [0.25, 0.3) is 0 Å². The van der Waals surface area contributed by atoms with Crippen LogP contribution in [-0.2, 0) is 11.2 Å². The van der Waals surface area contributed by atoms with Crippen molar-refractivity contribution in [1.29, 1.82) is 0 Å². The monoisotopic (exact) mass is 482 g/mol. The van der Waals surface area contributed by atoms with E-state index in [1.165, 1.54) is 0 Å². The van der Waals surface area contributed by atoms with Crippen LogP contribution < -0.4 is 14.2 Å². The fraction of sp³-hybridized carbons (Fsp3) is 0.321. The second kappa shape index (κ2) is 12.3. The van der Waals surface area contributed by atoms with Gasteiger partial charge in [0.25, 0.3) is 0 Å². The molecular formula is C28H31ClO5. The van der Waals surface area contributed by atoms with Crippen molar-refractivity contribution in [3.63, 3.8) is 0 Å². The van der Waals surface area contributed by atoms with Gasteiger partial charge in [0.1, 0.15) is 11.5 Å². The van der Waals surface area contributed by atoms with Gasteiger partial charge in [0, 0.05) is 23.9 Å². The highest BCUT2D eigenvalue weighted by molar-refractivity contribution is 6.30. The van der Waals surface area contributed by atoms with Crippen molar-refractivity contribution in [2.45, 2.75) is 52.1 Å². The average molecular weight is 483 g/mol. The quantitative estimate of drug-likeness (QED) is 0.289. The minimum Gasteiger partial charge on any atom is -0.493 e. The van der Waals surface area contributed by atoms with Crippen molar-refractivity contribution in [2.75, 3.05) is 6.61 Å². The summed E-state index contributed by atoms with van der Waals surface area (Å²) in [7, 11) is 0. The molecule has 180 valence electrons. The fourth-order valence-electron chi connectivity index (χ4n) is 3.56. The van der Waals surface area contributed by atoms with Gasteiger partial charge in [-0.1, -0.05) is 49.7 Å². The SMILES string of the molecule is CC(C)c1cc(OCC[C@@H](C)Oc2ccc(Cl)cc2Oc2ccccc2)ccc1CCC(=O)O. The number of para-hydroxylation sites is 1. The Morgan fingerprint density at radius 1 is 0.941 bits per heavy atom. The molecule has 0 bridgehead atoms. The summed E-state index contributed by atoms with van der Waals surface area (Å²) < 4.78 is 18.1. The highest BCUT2D eigenvalue weighted by Crippen LogP contribution is 2.35. The van der Waals surface area contributed by atoms with Crippen molar-refractivity contribution in [3.8, 4) is 23.0 Å². The molecule has 0 fully saturated rings. The number of aryl methyl sites for hydroxylation is 1. The van der Waals surface area contributed by atoms with Crippen molar-refractivity contribution >= 4 is 17.6 Å². The maximum absolute atomic E-state index is 10.9. The van der Waals surface area contributed by atoms with Crippen LogP contribution in [0, 0.1) is 0 Å². The lowest BCUT2D eigenvalue weighted by molar-refractivity contribution is -0.136. The number of ether oxygens (including phenoxy) is 3. The lowest BCUT2D eigenvalue weighted by atomic mass is 9.94. The summed E-state index contributed by atoms with van der Waals surface area (Å²) in [6.45, 7) is 6.66. The molecule has 0 aliphatic heterocycles. The number of hydrogen-bond acceptors (Lipinski definition) is 4. The molecule has 0 aliphatic carbocycles. The summed E-state index contributed by atoms with van der Waals surface area (Å²) in [4.78, 5) is 10.9. The summed E-state index contributed by atoms with van der Waals surface area (Å²) in [6.07, 6.45) is 1.20. The smallest absolute Gasteiger partial charge is 0.303 e. The minimum atomic E-state index is -0.790. The second-order valence-corrected chi connectivity index (χ2v) is 8.92. The Morgan fingerprint density at radius 3 is 2.41 bits per heavy atom. The Kier molecular flexibility index (Phi) is 9.23. The van der Waals surface area contributed by atoms with Crippen LogP contribution in [-0.4, -0.2) is 23.8 Å². The van der Waals surface area contributed by atoms with E-state index in [0.717, 1.165) is 16.9 Å². The number of halogens is 1. The molecule has 0 aromatic heterocycles. The van der Waals surface area contributed by atoms with Crippen molar-refractivity contribution in [3.05, 3.63) is 82.9 Å². The summed E-state index contributed by atoms with van der Waals surface area (Å²) in [5, 5.41) is 9.56. The highest BCUT2D eigenvalue weighted by Gasteiger charge is 2.13. The number of hydrogen-bond donors (Lipinski definition) is 1. The zero-order valence-corrected chi connectivity index (χ0v) is 20.5. The number of rotatable bonds is 12. The number of aliphatic carboxylic acids is 1. The molecule has 0 amide bonds. The third kappa shape index (κ3) is 7.70. The van der Waals surface area contributed by atoms with E-state index in [1.54, 1.807) is 12.1 Å². The van der Waals surface area contributed by atoms with E-state index >= 15 is 0 Å². The van der Waals surface area contributed by atoms with Crippen LogP contribution in [0.5, 0.6) is 23.0 Å². The maximum Gasteiger partial charge on any atom is 0.303 e. The van der Waals surface area contributed by atoms with Gasteiger partial charge in [-0.25, -0.2) is 0 Å². The molecule has 0 radical (unpaired) electrons. The van der Waals surface area contributed by atoms with Gasteiger partial charge in [0.15, 0.2) is 11.5 Å². The molecule has 5 nitrogen and oxygen atoms in total. The van der Waals surface area contributed by atoms with Crippen LogP contribution in [0.15, 0.2) is 66.7 Å². The van der Waals surface area contributed by atoms with Gasteiger partial charge >= 0.3 is 5.97 Å². The third-order valence-corrected chi connectivity index (χ3v) is 5.58. The molecule has 0 spiro atoms. The molecule has 0 saturated heterocycles. The summed E-state index contributed by atoms with van der Waals surface area (Å²) >= 11 is 6.17. The van der Waals surface area contributed by atoms with Crippen LogP contribution in [0.4, 0.5) is 0 Å². The summed E-state index contributed by atoms with van der Waals surface area (Å²) in [5.41, 5.74) is 2.17. The highest BCUT2D eigenvalue weighted by atomic mass is 35.5. The van der Waals surface area contributed by atoms with Crippen LogP contribution in [0.3, 0.4) is 0 Å². The van der Waals surface area contributed by atoms with Crippen molar-refractivity contribution in [2.24, 2.45) is 0 Å². The molecule has 0 unspecified atom stereocenters. The van der Waals surface area contributed by atoms with Gasteiger partial charge in [0.05, 0.1) is 12.7 Å². The molecule has 3 aromatic rings. The van der Waals surface area contributed by atoms with E-state index in [2.05, 4.69) is 13.8 Å². The molecule has 3 rings (SSSR count). The van der Waals surface area contributed by atoms with Crippen LogP contribution in [0.2, 0.25) is 5.02 Å². The van der Waals surface area contributed by atoms with Gasteiger partial charge < -0.3 is 19.3 Å². The molecule has 1 N–H and O–H groups in total. The Bertz CT molecular complexity index is 1080. The number of carbonyl (C=O) groups is 1. The predicted octanol–water partition coefficient (Wildman–Crippen LogP) is 7.51. The van der Waals surface area contributed by atoms with Gasteiger partial charge in [-0.3, -0.25) is 4.79 Å². The number of benzene rings is 3. The first-order chi connectivity index (χ1) is 16.3. The lowest BCUT2D eigenvalue weighted by Crippen LogP contribution is -2.16. The molecule has 3 aromatic carbocycles. The predicted molar refractivity (Wildman–Crippen MR) is 135 cm³/mol. The average Bonchev–Trinajstić information content (AvgIpc) is 2.80. The third-order valence-electron chi connectivity index (χ3n) is 5.35. The van der Waals surface area contributed by atoms with Gasteiger partial charge in [-0.2, -0.15) is 0 Å². The second-order valence-electron chi connectivity index (χ2n) is 8.48. The number of carboxylic acids is 1. The lowest BCUT2D eigenvalue weighted by Gasteiger charge is -2.19. The Balaban J connectivity index is 1.58. The Hall–Kier alpha value is -3.18. The van der Waals surface area contributed by atoms with Crippen LogP contribution >= 0.6 is 11.6 Å². The van der Waals surface area contributed by atoms with E-state index in [-0.39, 0.29) is 18.4 Å². The molecular weight excluding hydrogens is 452 g/mol. The van der Waals surface area contributed by atoms with Gasteiger partial charge in [-0.15, -0.1) is 0 Å². The zero-order valence-electron chi connectivity index (χ0n) is 19.8. The van der Waals surface area contributed by atoms with Gasteiger partial charge in [-0.05, 0) is 66.8 Å².